The molecular weight excluding hydrogens is 226 g/mol. The summed E-state index contributed by atoms with van der Waals surface area (Å²) in [6.45, 7) is 1.51. The van der Waals surface area contributed by atoms with Gasteiger partial charge in [0.2, 0.25) is 0 Å². The second-order valence-corrected chi connectivity index (χ2v) is 3.92. The lowest BCUT2D eigenvalue weighted by Gasteiger charge is -2.03. The van der Waals surface area contributed by atoms with Crippen LogP contribution in [-0.4, -0.2) is 15.9 Å². The van der Waals surface area contributed by atoms with Crippen LogP contribution in [0.1, 0.15) is 18.2 Å². The standard InChI is InChI=1S/C15H13NO2/c1-11(17)14(15-4-2-3-9-16-15)10-12-5-7-13(18)8-6-12/h2-10,18H,1H3/b14-10-. The number of allylic oxidation sites excluding steroid dienone is 1. The van der Waals surface area contributed by atoms with Crippen LogP contribution in [0, 0.1) is 0 Å². The highest BCUT2D eigenvalue weighted by Crippen LogP contribution is 2.18. The van der Waals surface area contributed by atoms with E-state index in [1.165, 1.54) is 6.92 Å². The Kier molecular flexibility index (Phi) is 3.53. The van der Waals surface area contributed by atoms with Gasteiger partial charge in [0.1, 0.15) is 5.75 Å². The molecule has 0 aliphatic heterocycles. The minimum atomic E-state index is -0.0400. The van der Waals surface area contributed by atoms with Crippen LogP contribution >= 0.6 is 0 Å². The van der Waals surface area contributed by atoms with E-state index < -0.39 is 0 Å². The van der Waals surface area contributed by atoms with Gasteiger partial charge >= 0.3 is 0 Å². The van der Waals surface area contributed by atoms with Gasteiger partial charge in [0.05, 0.1) is 5.69 Å². The molecule has 0 aliphatic carbocycles. The molecule has 1 N–H and O–H groups in total. The maximum Gasteiger partial charge on any atom is 0.161 e. The third kappa shape index (κ3) is 2.83. The van der Waals surface area contributed by atoms with E-state index in [9.17, 15) is 9.90 Å². The quantitative estimate of drug-likeness (QED) is 0.838. The molecule has 1 aromatic heterocycles. The zero-order valence-corrected chi connectivity index (χ0v) is 10.00. The van der Waals surface area contributed by atoms with E-state index in [0.29, 0.717) is 11.3 Å². The Balaban J connectivity index is 2.43. The van der Waals surface area contributed by atoms with Crippen LogP contribution in [0.3, 0.4) is 0 Å². The fourth-order valence-electron chi connectivity index (χ4n) is 1.62. The molecule has 0 unspecified atom stereocenters. The van der Waals surface area contributed by atoms with E-state index >= 15 is 0 Å². The van der Waals surface area contributed by atoms with Crippen molar-refractivity contribution >= 4 is 17.4 Å². The Morgan fingerprint density at radius 3 is 2.44 bits per heavy atom. The smallest absolute Gasteiger partial charge is 0.161 e. The number of carbonyl (C=O) groups is 1. The molecule has 0 atom stereocenters. The summed E-state index contributed by atoms with van der Waals surface area (Å²) in [5.74, 6) is 0.163. The van der Waals surface area contributed by atoms with Crippen molar-refractivity contribution in [3.05, 3.63) is 59.9 Å². The van der Waals surface area contributed by atoms with Crippen molar-refractivity contribution in [1.82, 2.24) is 4.98 Å². The second kappa shape index (κ2) is 5.27. The van der Waals surface area contributed by atoms with Crippen molar-refractivity contribution in [2.75, 3.05) is 0 Å². The number of nitrogens with zero attached hydrogens (tertiary/aromatic N) is 1. The molecule has 0 amide bonds. The summed E-state index contributed by atoms with van der Waals surface area (Å²) >= 11 is 0. The normalized spacial score (nSPS) is 11.3. The van der Waals surface area contributed by atoms with Gasteiger partial charge in [-0.3, -0.25) is 9.78 Å². The summed E-state index contributed by atoms with van der Waals surface area (Å²) in [5, 5.41) is 9.22. The number of benzene rings is 1. The van der Waals surface area contributed by atoms with E-state index in [2.05, 4.69) is 4.98 Å². The number of ketones is 1. The van der Waals surface area contributed by atoms with Gasteiger partial charge in [-0.15, -0.1) is 0 Å². The lowest BCUT2D eigenvalue weighted by Crippen LogP contribution is -1.98. The topological polar surface area (TPSA) is 50.2 Å². The first-order valence-electron chi connectivity index (χ1n) is 5.60. The average Bonchev–Trinajstić information content (AvgIpc) is 2.38. The molecule has 3 heteroatoms. The van der Waals surface area contributed by atoms with Crippen molar-refractivity contribution in [3.8, 4) is 5.75 Å². The Bertz CT molecular complexity index is 571. The number of phenols is 1. The summed E-state index contributed by atoms with van der Waals surface area (Å²) in [6, 6.07) is 12.1. The predicted molar refractivity (Wildman–Crippen MR) is 70.9 cm³/mol. The van der Waals surface area contributed by atoms with Gasteiger partial charge < -0.3 is 5.11 Å². The van der Waals surface area contributed by atoms with Gasteiger partial charge in [-0.1, -0.05) is 18.2 Å². The number of hydrogen-bond donors (Lipinski definition) is 1. The van der Waals surface area contributed by atoms with Gasteiger partial charge in [0.25, 0.3) is 0 Å². The number of aromatic nitrogens is 1. The number of phenolic OH excluding ortho intramolecular Hbond substituents is 1. The number of hydrogen-bond acceptors (Lipinski definition) is 3. The second-order valence-electron chi connectivity index (χ2n) is 3.92. The fourth-order valence-corrected chi connectivity index (χ4v) is 1.62. The third-order valence-electron chi connectivity index (χ3n) is 2.52. The van der Waals surface area contributed by atoms with Crippen LogP contribution in [0.5, 0.6) is 5.75 Å². The van der Waals surface area contributed by atoms with Crippen molar-refractivity contribution in [1.29, 1.82) is 0 Å². The molecule has 0 bridgehead atoms. The van der Waals surface area contributed by atoms with Crippen LogP contribution in [0.15, 0.2) is 48.7 Å². The Hall–Kier alpha value is -2.42. The average molecular weight is 239 g/mol. The summed E-state index contributed by atoms with van der Waals surface area (Å²) in [7, 11) is 0. The number of rotatable bonds is 3. The van der Waals surface area contributed by atoms with Crippen LogP contribution in [-0.2, 0) is 4.79 Å². The molecule has 18 heavy (non-hydrogen) atoms. The molecular formula is C15H13NO2. The molecule has 0 aliphatic rings. The maximum absolute atomic E-state index is 11.7. The predicted octanol–water partition coefficient (Wildman–Crippen LogP) is 2.92. The molecule has 1 heterocycles. The Morgan fingerprint density at radius 2 is 1.89 bits per heavy atom. The molecule has 0 radical (unpaired) electrons. The lowest BCUT2D eigenvalue weighted by molar-refractivity contribution is -0.111. The monoisotopic (exact) mass is 239 g/mol. The van der Waals surface area contributed by atoms with E-state index in [1.54, 1.807) is 42.6 Å². The summed E-state index contributed by atoms with van der Waals surface area (Å²) in [5.41, 5.74) is 2.06. The molecule has 0 fully saturated rings. The summed E-state index contributed by atoms with van der Waals surface area (Å²) < 4.78 is 0. The van der Waals surface area contributed by atoms with Gasteiger partial charge in [0, 0.05) is 11.8 Å². The number of pyridine rings is 1. The first-order valence-corrected chi connectivity index (χ1v) is 5.60. The molecule has 3 nitrogen and oxygen atoms in total. The molecule has 2 rings (SSSR count). The van der Waals surface area contributed by atoms with Gasteiger partial charge in [0.15, 0.2) is 5.78 Å². The maximum atomic E-state index is 11.7. The van der Waals surface area contributed by atoms with Crippen LogP contribution < -0.4 is 0 Å². The van der Waals surface area contributed by atoms with E-state index in [-0.39, 0.29) is 11.5 Å². The van der Waals surface area contributed by atoms with E-state index in [0.717, 1.165) is 5.56 Å². The van der Waals surface area contributed by atoms with Crippen molar-refractivity contribution in [2.24, 2.45) is 0 Å². The van der Waals surface area contributed by atoms with Crippen LogP contribution in [0.25, 0.3) is 11.6 Å². The SMILES string of the molecule is CC(=O)/C(=C/c1ccc(O)cc1)c1ccccn1. The lowest BCUT2D eigenvalue weighted by atomic mass is 10.0. The van der Waals surface area contributed by atoms with Crippen LogP contribution in [0.4, 0.5) is 0 Å². The molecule has 0 saturated heterocycles. The fraction of sp³-hybridized carbons (Fsp3) is 0.0667. The molecule has 0 spiro atoms. The highest BCUT2D eigenvalue weighted by molar-refractivity contribution is 6.23. The molecule has 2 aromatic rings. The first-order chi connectivity index (χ1) is 8.66. The van der Waals surface area contributed by atoms with Crippen molar-refractivity contribution in [3.63, 3.8) is 0 Å². The minimum absolute atomic E-state index is 0.0400. The zero-order valence-electron chi connectivity index (χ0n) is 10.00. The van der Waals surface area contributed by atoms with Crippen molar-refractivity contribution < 1.29 is 9.90 Å². The Labute approximate surface area is 105 Å². The first kappa shape index (κ1) is 12.0. The number of aromatic hydroxyl groups is 1. The molecule has 0 saturated carbocycles. The van der Waals surface area contributed by atoms with E-state index in [1.807, 2.05) is 12.1 Å². The third-order valence-corrected chi connectivity index (χ3v) is 2.52. The number of carbonyl (C=O) groups excluding carboxylic acids is 1. The zero-order chi connectivity index (χ0) is 13.0. The molecule has 90 valence electrons. The largest absolute Gasteiger partial charge is 0.508 e. The highest BCUT2D eigenvalue weighted by Gasteiger charge is 2.08. The highest BCUT2D eigenvalue weighted by atomic mass is 16.3. The summed E-state index contributed by atoms with van der Waals surface area (Å²) in [4.78, 5) is 15.8. The summed E-state index contributed by atoms with van der Waals surface area (Å²) in [6.07, 6.45) is 3.42. The van der Waals surface area contributed by atoms with Gasteiger partial charge in [-0.05, 0) is 42.8 Å². The van der Waals surface area contributed by atoms with E-state index in [4.69, 9.17) is 0 Å². The molecule has 1 aromatic carbocycles. The number of Topliss-reactive ketones (excluding diaryl/α,β-unsaturated/α-hetero) is 1. The Morgan fingerprint density at radius 1 is 1.17 bits per heavy atom. The minimum Gasteiger partial charge on any atom is -0.508 e. The van der Waals surface area contributed by atoms with Gasteiger partial charge in [-0.25, -0.2) is 0 Å². The van der Waals surface area contributed by atoms with Crippen molar-refractivity contribution in [2.45, 2.75) is 6.92 Å². The van der Waals surface area contributed by atoms with Gasteiger partial charge in [-0.2, -0.15) is 0 Å². The van der Waals surface area contributed by atoms with Crippen LogP contribution in [0.2, 0.25) is 0 Å².